The molecule has 1 aromatic rings. The van der Waals surface area contributed by atoms with Gasteiger partial charge in [0.2, 0.25) is 0 Å². The van der Waals surface area contributed by atoms with Crippen molar-refractivity contribution in [3.8, 4) is 11.5 Å². The first-order valence-electron chi connectivity index (χ1n) is 5.39. The number of phenols is 1. The Morgan fingerprint density at radius 3 is 2.88 bits per heavy atom. The molecule has 0 bridgehead atoms. The van der Waals surface area contributed by atoms with E-state index in [1.807, 2.05) is 0 Å². The summed E-state index contributed by atoms with van der Waals surface area (Å²) < 4.78 is 9.99. The molecule has 0 atom stereocenters. The fraction of sp³-hybridized carbons (Fsp3) is 0.417. The molecule has 0 saturated heterocycles. The Balaban J connectivity index is 2.49. The molecule has 5 heteroatoms. The smallest absolute Gasteiger partial charge is 0.306 e. The van der Waals surface area contributed by atoms with Crippen molar-refractivity contribution >= 4 is 5.97 Å². The molecule has 1 rings (SSSR count). The number of carbonyl (C=O) groups excluding carboxylic acids is 1. The summed E-state index contributed by atoms with van der Waals surface area (Å²) in [4.78, 5) is 11.2. The molecule has 1 aromatic carbocycles. The summed E-state index contributed by atoms with van der Waals surface area (Å²) >= 11 is 0. The van der Waals surface area contributed by atoms with Gasteiger partial charge in [-0.3, -0.25) is 4.79 Å². The fourth-order valence-electron chi connectivity index (χ4n) is 1.29. The van der Waals surface area contributed by atoms with E-state index in [1.165, 1.54) is 13.2 Å². The van der Waals surface area contributed by atoms with E-state index in [1.54, 1.807) is 12.1 Å². The zero-order valence-corrected chi connectivity index (χ0v) is 9.81. The van der Waals surface area contributed by atoms with Crippen molar-refractivity contribution < 1.29 is 19.4 Å². The summed E-state index contributed by atoms with van der Waals surface area (Å²) in [5.74, 6) is 0.147. The number of methoxy groups -OCH3 is 1. The zero-order valence-electron chi connectivity index (χ0n) is 9.81. The van der Waals surface area contributed by atoms with Crippen molar-refractivity contribution in [1.82, 2.24) is 0 Å². The fourth-order valence-corrected chi connectivity index (χ4v) is 1.29. The monoisotopic (exact) mass is 239 g/mol. The van der Waals surface area contributed by atoms with Crippen LogP contribution < -0.4 is 10.5 Å². The van der Waals surface area contributed by atoms with Crippen LogP contribution in [0.1, 0.15) is 18.4 Å². The Bertz CT molecular complexity index is 379. The van der Waals surface area contributed by atoms with Crippen molar-refractivity contribution in [3.63, 3.8) is 0 Å². The molecule has 0 aromatic heterocycles. The predicted octanol–water partition coefficient (Wildman–Crippen LogP) is 1.18. The van der Waals surface area contributed by atoms with Crippen LogP contribution in [0.3, 0.4) is 0 Å². The number of aromatic hydroxyl groups is 1. The molecule has 0 unspecified atom stereocenters. The van der Waals surface area contributed by atoms with Crippen LogP contribution in [0.2, 0.25) is 0 Å². The lowest BCUT2D eigenvalue weighted by Gasteiger charge is -2.07. The Labute approximate surface area is 100 Å². The van der Waals surface area contributed by atoms with E-state index in [0.29, 0.717) is 25.1 Å². The maximum atomic E-state index is 11.2. The average Bonchev–Trinajstić information content (AvgIpc) is 2.35. The number of benzene rings is 1. The molecule has 5 nitrogen and oxygen atoms in total. The van der Waals surface area contributed by atoms with Crippen molar-refractivity contribution in [2.75, 3.05) is 13.7 Å². The van der Waals surface area contributed by atoms with Crippen LogP contribution in [0, 0.1) is 0 Å². The molecule has 0 fully saturated rings. The van der Waals surface area contributed by atoms with Gasteiger partial charge in [0.1, 0.15) is 6.61 Å². The maximum absolute atomic E-state index is 11.2. The molecule has 94 valence electrons. The molecule has 3 N–H and O–H groups in total. The molecule has 0 amide bonds. The topological polar surface area (TPSA) is 81.8 Å². The highest BCUT2D eigenvalue weighted by Crippen LogP contribution is 2.26. The SMILES string of the molecule is COc1cc(COC(=O)CCCN)ccc1O. The molecule has 0 aliphatic heterocycles. The van der Waals surface area contributed by atoms with Gasteiger partial charge in [0, 0.05) is 6.42 Å². The molecule has 0 spiro atoms. The van der Waals surface area contributed by atoms with Gasteiger partial charge in [-0.05, 0) is 30.7 Å². The van der Waals surface area contributed by atoms with Crippen molar-refractivity contribution in [1.29, 1.82) is 0 Å². The summed E-state index contributed by atoms with van der Waals surface area (Å²) in [5.41, 5.74) is 6.05. The van der Waals surface area contributed by atoms with Gasteiger partial charge in [0.25, 0.3) is 0 Å². The Kier molecular flexibility index (Phi) is 5.29. The summed E-state index contributed by atoms with van der Waals surface area (Å²) in [6.45, 7) is 0.641. The normalized spacial score (nSPS) is 10.0. The van der Waals surface area contributed by atoms with Crippen LogP contribution in [-0.2, 0) is 16.1 Å². The van der Waals surface area contributed by atoms with E-state index in [0.717, 1.165) is 5.56 Å². The van der Waals surface area contributed by atoms with Crippen LogP contribution in [-0.4, -0.2) is 24.7 Å². The molecular formula is C12H17NO4. The second-order valence-electron chi connectivity index (χ2n) is 3.56. The Hall–Kier alpha value is -1.75. The highest BCUT2D eigenvalue weighted by Gasteiger charge is 2.05. The average molecular weight is 239 g/mol. The van der Waals surface area contributed by atoms with Crippen molar-refractivity contribution in [2.24, 2.45) is 5.73 Å². The van der Waals surface area contributed by atoms with Gasteiger partial charge in [0.15, 0.2) is 11.5 Å². The van der Waals surface area contributed by atoms with E-state index in [9.17, 15) is 9.90 Å². The number of hydrogen-bond acceptors (Lipinski definition) is 5. The first-order chi connectivity index (χ1) is 8.17. The van der Waals surface area contributed by atoms with Gasteiger partial charge < -0.3 is 20.3 Å². The van der Waals surface area contributed by atoms with E-state index in [2.05, 4.69) is 0 Å². The second kappa shape index (κ2) is 6.75. The summed E-state index contributed by atoms with van der Waals surface area (Å²) in [7, 11) is 1.46. The molecule has 0 radical (unpaired) electrons. The molecule has 0 heterocycles. The van der Waals surface area contributed by atoms with Crippen molar-refractivity contribution in [2.45, 2.75) is 19.4 Å². The van der Waals surface area contributed by atoms with Gasteiger partial charge in [-0.2, -0.15) is 0 Å². The lowest BCUT2D eigenvalue weighted by molar-refractivity contribution is -0.145. The van der Waals surface area contributed by atoms with Gasteiger partial charge in [-0.15, -0.1) is 0 Å². The van der Waals surface area contributed by atoms with Gasteiger partial charge in [-0.1, -0.05) is 6.07 Å². The zero-order chi connectivity index (χ0) is 12.7. The summed E-state index contributed by atoms with van der Waals surface area (Å²) in [6.07, 6.45) is 0.948. The van der Waals surface area contributed by atoms with Crippen LogP contribution >= 0.6 is 0 Å². The van der Waals surface area contributed by atoms with E-state index in [-0.39, 0.29) is 18.3 Å². The third-order valence-corrected chi connectivity index (χ3v) is 2.23. The minimum Gasteiger partial charge on any atom is -0.504 e. The highest BCUT2D eigenvalue weighted by molar-refractivity contribution is 5.69. The Morgan fingerprint density at radius 2 is 2.24 bits per heavy atom. The largest absolute Gasteiger partial charge is 0.504 e. The maximum Gasteiger partial charge on any atom is 0.306 e. The number of ether oxygens (including phenoxy) is 2. The molecule has 0 aliphatic carbocycles. The van der Waals surface area contributed by atoms with Crippen LogP contribution in [0.4, 0.5) is 0 Å². The Morgan fingerprint density at radius 1 is 1.47 bits per heavy atom. The van der Waals surface area contributed by atoms with Crippen LogP contribution in [0.15, 0.2) is 18.2 Å². The predicted molar refractivity (Wildman–Crippen MR) is 62.7 cm³/mol. The number of phenolic OH excluding ortho intramolecular Hbond substituents is 1. The standard InChI is InChI=1S/C12H17NO4/c1-16-11-7-9(4-5-10(11)14)8-17-12(15)3-2-6-13/h4-5,7,14H,2-3,6,8,13H2,1H3. The van der Waals surface area contributed by atoms with Gasteiger partial charge in [-0.25, -0.2) is 0 Å². The summed E-state index contributed by atoms with van der Waals surface area (Å²) in [5, 5.41) is 9.38. The summed E-state index contributed by atoms with van der Waals surface area (Å²) in [6, 6.07) is 4.81. The molecular weight excluding hydrogens is 222 g/mol. The minimum absolute atomic E-state index is 0.0608. The lowest BCUT2D eigenvalue weighted by Crippen LogP contribution is -2.08. The number of hydrogen-bond donors (Lipinski definition) is 2. The first kappa shape index (κ1) is 13.3. The minimum atomic E-state index is -0.275. The molecule has 0 aliphatic rings. The van der Waals surface area contributed by atoms with Crippen LogP contribution in [0.25, 0.3) is 0 Å². The first-order valence-corrected chi connectivity index (χ1v) is 5.39. The molecule has 17 heavy (non-hydrogen) atoms. The molecule has 0 saturated carbocycles. The number of esters is 1. The third kappa shape index (κ3) is 4.32. The third-order valence-electron chi connectivity index (χ3n) is 2.23. The number of carbonyl (C=O) groups is 1. The van der Waals surface area contributed by atoms with Gasteiger partial charge >= 0.3 is 5.97 Å². The number of rotatable bonds is 6. The van der Waals surface area contributed by atoms with E-state index < -0.39 is 0 Å². The second-order valence-corrected chi connectivity index (χ2v) is 3.56. The van der Waals surface area contributed by atoms with Gasteiger partial charge in [0.05, 0.1) is 7.11 Å². The lowest BCUT2D eigenvalue weighted by atomic mass is 10.2. The van der Waals surface area contributed by atoms with Crippen LogP contribution in [0.5, 0.6) is 11.5 Å². The van der Waals surface area contributed by atoms with Crippen molar-refractivity contribution in [3.05, 3.63) is 23.8 Å². The van der Waals surface area contributed by atoms with E-state index in [4.69, 9.17) is 15.2 Å². The highest BCUT2D eigenvalue weighted by atomic mass is 16.5. The number of nitrogens with two attached hydrogens (primary N) is 1. The van der Waals surface area contributed by atoms with E-state index >= 15 is 0 Å². The quantitative estimate of drug-likeness (QED) is 0.728.